The Morgan fingerprint density at radius 3 is 2.66 bits per heavy atom. The lowest BCUT2D eigenvalue weighted by Gasteiger charge is -2.25. The van der Waals surface area contributed by atoms with Gasteiger partial charge in [-0.15, -0.1) is 0 Å². The lowest BCUT2D eigenvalue weighted by atomic mass is 9.95. The number of oxazole rings is 1. The Morgan fingerprint density at radius 1 is 1.17 bits per heavy atom. The number of carbonyl (C=O) groups excluding carboxylic acids is 1. The van der Waals surface area contributed by atoms with Crippen LogP contribution in [0.2, 0.25) is 0 Å². The number of allylic oxidation sites excluding steroid dienone is 1. The number of para-hydroxylation sites is 1. The number of ether oxygens (including phenoxy) is 3. The van der Waals surface area contributed by atoms with Crippen molar-refractivity contribution in [1.82, 2.24) is 9.55 Å². The Morgan fingerprint density at radius 2 is 1.95 bits per heavy atom. The van der Waals surface area contributed by atoms with Gasteiger partial charge in [0, 0.05) is 29.5 Å². The Hall–Kier alpha value is -5.39. The Balaban J connectivity index is 1.67. The highest BCUT2D eigenvalue weighted by Crippen LogP contribution is 2.37. The maximum atomic E-state index is 13.8. The molecular formula is C29H26N4O8. The first-order chi connectivity index (χ1) is 19.8. The van der Waals surface area contributed by atoms with Gasteiger partial charge in [0.05, 0.1) is 48.3 Å². The molecule has 0 saturated carbocycles. The number of hydrogen-bond donors (Lipinski definition) is 1. The van der Waals surface area contributed by atoms with Crippen molar-refractivity contribution >= 4 is 17.7 Å². The minimum Gasteiger partial charge on any atom is -0.497 e. The normalized spacial score (nSPS) is 14.8. The van der Waals surface area contributed by atoms with Crippen LogP contribution in [0.4, 0.5) is 5.69 Å². The van der Waals surface area contributed by atoms with Crippen molar-refractivity contribution in [2.24, 2.45) is 4.99 Å². The SMILES string of the molecule is CCOC(=O)C1=C(C)N=c2o/c(=C\c3ccc(-c4ccccc4[N+](=O)[O-])[nH]3)c(=O)n2C1c1ccc(OC)cc1OC. The third-order valence-electron chi connectivity index (χ3n) is 6.64. The predicted molar refractivity (Wildman–Crippen MR) is 147 cm³/mol. The van der Waals surface area contributed by atoms with Crippen molar-refractivity contribution in [2.45, 2.75) is 19.9 Å². The van der Waals surface area contributed by atoms with Gasteiger partial charge in [0.15, 0.2) is 5.42 Å². The first-order valence-electron chi connectivity index (χ1n) is 12.6. The van der Waals surface area contributed by atoms with Crippen LogP contribution in [-0.2, 0) is 9.53 Å². The highest BCUT2D eigenvalue weighted by atomic mass is 16.6. The molecule has 41 heavy (non-hydrogen) atoms. The molecule has 12 heteroatoms. The molecule has 5 rings (SSSR count). The molecule has 0 amide bonds. The summed E-state index contributed by atoms with van der Waals surface area (Å²) in [5, 5.41) is 11.5. The number of aromatic nitrogens is 2. The topological polar surface area (TPSA) is 151 Å². The van der Waals surface area contributed by atoms with E-state index in [0.717, 1.165) is 0 Å². The molecule has 0 saturated heterocycles. The molecule has 0 bridgehead atoms. The molecule has 0 fully saturated rings. The van der Waals surface area contributed by atoms with Crippen LogP contribution < -0.4 is 26.1 Å². The fourth-order valence-electron chi connectivity index (χ4n) is 4.79. The van der Waals surface area contributed by atoms with Crippen molar-refractivity contribution in [3.05, 3.63) is 109 Å². The van der Waals surface area contributed by atoms with Gasteiger partial charge in [-0.1, -0.05) is 12.1 Å². The molecule has 2 aromatic heterocycles. The summed E-state index contributed by atoms with van der Waals surface area (Å²) < 4.78 is 23.4. The minimum absolute atomic E-state index is 0.0138. The molecule has 3 heterocycles. The summed E-state index contributed by atoms with van der Waals surface area (Å²) in [4.78, 5) is 45.5. The van der Waals surface area contributed by atoms with Crippen LogP contribution in [0.5, 0.6) is 11.5 Å². The van der Waals surface area contributed by atoms with Crippen LogP contribution in [0.15, 0.2) is 80.1 Å². The molecule has 12 nitrogen and oxygen atoms in total. The largest absolute Gasteiger partial charge is 0.497 e. The predicted octanol–water partition coefficient (Wildman–Crippen LogP) is 3.25. The second kappa shape index (κ2) is 11.0. The molecule has 0 spiro atoms. The maximum Gasteiger partial charge on any atom is 0.338 e. The number of H-pyrrole nitrogens is 1. The lowest BCUT2D eigenvalue weighted by molar-refractivity contribution is -0.384. The fourth-order valence-corrected chi connectivity index (χ4v) is 4.79. The van der Waals surface area contributed by atoms with Gasteiger partial charge < -0.3 is 23.6 Å². The van der Waals surface area contributed by atoms with Crippen LogP contribution in [0.1, 0.15) is 31.1 Å². The molecule has 4 aromatic rings. The van der Waals surface area contributed by atoms with Gasteiger partial charge in [0.25, 0.3) is 11.2 Å². The number of carbonyl (C=O) groups is 1. The van der Waals surface area contributed by atoms with E-state index in [1.54, 1.807) is 62.4 Å². The van der Waals surface area contributed by atoms with E-state index in [4.69, 9.17) is 18.6 Å². The Labute approximate surface area is 233 Å². The third kappa shape index (κ3) is 4.91. The van der Waals surface area contributed by atoms with Gasteiger partial charge >= 0.3 is 11.7 Å². The fraction of sp³-hybridized carbons (Fsp3) is 0.207. The van der Waals surface area contributed by atoms with Crippen molar-refractivity contribution in [3.63, 3.8) is 0 Å². The number of hydrogen-bond acceptors (Lipinski definition) is 9. The number of fused-ring (bicyclic) bond motifs is 1. The van der Waals surface area contributed by atoms with E-state index < -0.39 is 22.5 Å². The average Bonchev–Trinajstić information content (AvgIpc) is 3.56. The lowest BCUT2D eigenvalue weighted by Crippen LogP contribution is -2.40. The van der Waals surface area contributed by atoms with Gasteiger partial charge in [-0.05, 0) is 44.2 Å². The molecule has 0 aliphatic carbocycles. The molecule has 2 aromatic carbocycles. The molecule has 210 valence electrons. The number of benzene rings is 2. The van der Waals surface area contributed by atoms with Gasteiger partial charge in [-0.3, -0.25) is 14.9 Å². The summed E-state index contributed by atoms with van der Waals surface area (Å²) >= 11 is 0. The highest BCUT2D eigenvalue weighted by Gasteiger charge is 2.36. The van der Waals surface area contributed by atoms with Crippen molar-refractivity contribution in [3.8, 4) is 22.8 Å². The van der Waals surface area contributed by atoms with Crippen LogP contribution in [0.3, 0.4) is 0 Å². The van der Waals surface area contributed by atoms with Crippen LogP contribution in [0.25, 0.3) is 17.3 Å². The zero-order valence-corrected chi connectivity index (χ0v) is 22.7. The summed E-state index contributed by atoms with van der Waals surface area (Å²) in [6.45, 7) is 3.45. The van der Waals surface area contributed by atoms with Gasteiger partial charge in [0.1, 0.15) is 17.5 Å². The summed E-state index contributed by atoms with van der Waals surface area (Å²) in [7, 11) is 3.00. The summed E-state index contributed by atoms with van der Waals surface area (Å²) in [5.74, 6) is 0.285. The van der Waals surface area contributed by atoms with Crippen molar-refractivity contribution in [1.29, 1.82) is 0 Å². The van der Waals surface area contributed by atoms with Gasteiger partial charge in [0.2, 0.25) is 0 Å². The molecule has 1 aliphatic heterocycles. The first-order valence-corrected chi connectivity index (χ1v) is 12.6. The molecule has 1 atom stereocenters. The average molecular weight is 559 g/mol. The third-order valence-corrected chi connectivity index (χ3v) is 6.64. The van der Waals surface area contributed by atoms with E-state index >= 15 is 0 Å². The van der Waals surface area contributed by atoms with E-state index in [1.165, 1.54) is 30.9 Å². The van der Waals surface area contributed by atoms with E-state index in [1.807, 2.05) is 0 Å². The molecule has 1 aliphatic rings. The molecule has 0 radical (unpaired) electrons. The molecular weight excluding hydrogens is 532 g/mol. The van der Waals surface area contributed by atoms with Crippen molar-refractivity contribution in [2.75, 3.05) is 20.8 Å². The van der Waals surface area contributed by atoms with Gasteiger partial charge in [-0.25, -0.2) is 14.4 Å². The number of nitrogens with zero attached hydrogens (tertiary/aromatic N) is 3. The highest BCUT2D eigenvalue weighted by molar-refractivity contribution is 5.91. The smallest absolute Gasteiger partial charge is 0.338 e. The Bertz CT molecular complexity index is 1880. The van der Waals surface area contributed by atoms with Crippen LogP contribution in [0, 0.1) is 10.1 Å². The van der Waals surface area contributed by atoms with Crippen LogP contribution >= 0.6 is 0 Å². The zero-order valence-electron chi connectivity index (χ0n) is 22.7. The van der Waals surface area contributed by atoms with Crippen molar-refractivity contribution < 1.29 is 28.3 Å². The zero-order chi connectivity index (χ0) is 29.3. The van der Waals surface area contributed by atoms with Crippen LogP contribution in [-0.4, -0.2) is 41.3 Å². The van der Waals surface area contributed by atoms with E-state index in [-0.39, 0.29) is 29.0 Å². The van der Waals surface area contributed by atoms with E-state index in [0.29, 0.717) is 39.7 Å². The van der Waals surface area contributed by atoms with E-state index in [2.05, 4.69) is 9.98 Å². The number of methoxy groups -OCH3 is 2. The molecule has 1 N–H and O–H groups in total. The number of esters is 1. The monoisotopic (exact) mass is 558 g/mol. The number of nitro groups is 1. The second-order valence-corrected chi connectivity index (χ2v) is 9.01. The molecule has 1 unspecified atom stereocenters. The van der Waals surface area contributed by atoms with Gasteiger partial charge in [-0.2, -0.15) is 0 Å². The number of aromatic amines is 1. The number of nitro benzene ring substituents is 1. The standard InChI is InChI=1S/C29H26N4O8/c1-5-40-28(35)25-16(2)30-29-32(26(25)20-12-11-18(38-3)15-23(20)39-4)27(34)24(41-29)14-17-10-13-21(31-17)19-8-6-7-9-22(19)33(36)37/h6-15,26,31H,5H2,1-4H3/b24-14-. The number of nitrogens with one attached hydrogen (secondary N) is 1. The quantitative estimate of drug-likeness (QED) is 0.197. The maximum absolute atomic E-state index is 13.8. The second-order valence-electron chi connectivity index (χ2n) is 9.01. The summed E-state index contributed by atoms with van der Waals surface area (Å²) in [6, 6.07) is 13.8. The minimum atomic E-state index is -0.966. The number of rotatable bonds is 8. The van der Waals surface area contributed by atoms with E-state index in [9.17, 15) is 19.7 Å². The first kappa shape index (κ1) is 27.2. The summed E-state index contributed by atoms with van der Waals surface area (Å²) in [6.07, 6.45) is 1.48. The Kier molecular flexibility index (Phi) is 7.30. The summed E-state index contributed by atoms with van der Waals surface area (Å²) in [5.41, 5.74) is 1.66.